The van der Waals surface area contributed by atoms with Crippen molar-refractivity contribution < 1.29 is 4.79 Å². The van der Waals surface area contributed by atoms with E-state index in [2.05, 4.69) is 28.8 Å². The fraction of sp³-hybridized carbons (Fsp3) is 0.278. The SMILES string of the molecule is CC(Nc1ccc2c(c1)CCC2)C(=O)Nc1ccccc1. The zero-order chi connectivity index (χ0) is 14.7. The Labute approximate surface area is 125 Å². The molecule has 1 aliphatic rings. The van der Waals surface area contributed by atoms with Crippen LogP contribution in [0.1, 0.15) is 24.5 Å². The molecule has 1 aliphatic carbocycles. The van der Waals surface area contributed by atoms with Crippen LogP contribution in [0.2, 0.25) is 0 Å². The van der Waals surface area contributed by atoms with Crippen molar-refractivity contribution in [1.82, 2.24) is 0 Å². The maximum atomic E-state index is 12.2. The second-order valence-corrected chi connectivity index (χ2v) is 5.56. The van der Waals surface area contributed by atoms with Crippen molar-refractivity contribution in [3.63, 3.8) is 0 Å². The smallest absolute Gasteiger partial charge is 0.246 e. The summed E-state index contributed by atoms with van der Waals surface area (Å²) in [5.41, 5.74) is 4.70. The highest BCUT2D eigenvalue weighted by molar-refractivity contribution is 5.96. The van der Waals surface area contributed by atoms with Gasteiger partial charge in [-0.25, -0.2) is 0 Å². The summed E-state index contributed by atoms with van der Waals surface area (Å²) < 4.78 is 0. The molecule has 2 N–H and O–H groups in total. The van der Waals surface area contributed by atoms with Crippen molar-refractivity contribution in [1.29, 1.82) is 0 Å². The molecular formula is C18H20N2O. The van der Waals surface area contributed by atoms with Crippen LogP contribution >= 0.6 is 0 Å². The van der Waals surface area contributed by atoms with E-state index in [-0.39, 0.29) is 11.9 Å². The molecule has 0 fully saturated rings. The Kier molecular flexibility index (Phi) is 3.91. The second kappa shape index (κ2) is 6.00. The summed E-state index contributed by atoms with van der Waals surface area (Å²) >= 11 is 0. The number of nitrogens with one attached hydrogen (secondary N) is 2. The summed E-state index contributed by atoms with van der Waals surface area (Å²) in [6.07, 6.45) is 3.57. The first kappa shape index (κ1) is 13.7. The predicted octanol–water partition coefficient (Wildman–Crippen LogP) is 3.61. The Hall–Kier alpha value is -2.29. The third-order valence-electron chi connectivity index (χ3n) is 3.92. The zero-order valence-electron chi connectivity index (χ0n) is 12.2. The number of carbonyl (C=O) groups excluding carboxylic acids is 1. The first-order valence-corrected chi connectivity index (χ1v) is 7.46. The summed E-state index contributed by atoms with van der Waals surface area (Å²) in [5.74, 6) is -0.0262. The van der Waals surface area contributed by atoms with Gasteiger partial charge in [0, 0.05) is 11.4 Å². The summed E-state index contributed by atoms with van der Waals surface area (Å²) in [6, 6.07) is 15.7. The summed E-state index contributed by atoms with van der Waals surface area (Å²) in [4.78, 5) is 12.2. The molecule has 0 bridgehead atoms. The van der Waals surface area contributed by atoms with Crippen molar-refractivity contribution >= 4 is 17.3 Å². The Morgan fingerprint density at radius 2 is 1.76 bits per heavy atom. The van der Waals surface area contributed by atoms with Gasteiger partial charge >= 0.3 is 0 Å². The fourth-order valence-corrected chi connectivity index (χ4v) is 2.75. The molecule has 2 aromatic carbocycles. The molecule has 1 atom stereocenters. The molecular weight excluding hydrogens is 260 g/mol. The first-order chi connectivity index (χ1) is 10.2. The molecule has 3 heteroatoms. The van der Waals surface area contributed by atoms with Gasteiger partial charge < -0.3 is 10.6 Å². The number of fused-ring (bicyclic) bond motifs is 1. The molecule has 1 amide bonds. The first-order valence-electron chi connectivity index (χ1n) is 7.46. The van der Waals surface area contributed by atoms with Gasteiger partial charge in [-0.2, -0.15) is 0 Å². The lowest BCUT2D eigenvalue weighted by Crippen LogP contribution is -2.31. The van der Waals surface area contributed by atoms with Crippen molar-refractivity contribution in [3.05, 3.63) is 59.7 Å². The topological polar surface area (TPSA) is 41.1 Å². The van der Waals surface area contributed by atoms with Crippen LogP contribution in [-0.2, 0) is 17.6 Å². The third-order valence-corrected chi connectivity index (χ3v) is 3.92. The van der Waals surface area contributed by atoms with Crippen molar-refractivity contribution in [3.8, 4) is 0 Å². The van der Waals surface area contributed by atoms with Gasteiger partial charge in [-0.05, 0) is 61.6 Å². The minimum atomic E-state index is -0.273. The molecule has 21 heavy (non-hydrogen) atoms. The highest BCUT2D eigenvalue weighted by Crippen LogP contribution is 2.25. The van der Waals surface area contributed by atoms with Crippen LogP contribution in [0.3, 0.4) is 0 Å². The number of hydrogen-bond donors (Lipinski definition) is 2. The average molecular weight is 280 g/mol. The monoisotopic (exact) mass is 280 g/mol. The van der Waals surface area contributed by atoms with E-state index in [0.717, 1.165) is 17.8 Å². The van der Waals surface area contributed by atoms with E-state index in [1.54, 1.807) is 0 Å². The maximum absolute atomic E-state index is 12.2. The Morgan fingerprint density at radius 3 is 2.57 bits per heavy atom. The summed E-state index contributed by atoms with van der Waals surface area (Å²) in [5, 5.41) is 6.19. The molecule has 3 nitrogen and oxygen atoms in total. The number of aryl methyl sites for hydroxylation is 2. The lowest BCUT2D eigenvalue weighted by atomic mass is 10.1. The van der Waals surface area contributed by atoms with Gasteiger partial charge in [0.1, 0.15) is 6.04 Å². The highest BCUT2D eigenvalue weighted by atomic mass is 16.2. The zero-order valence-corrected chi connectivity index (χ0v) is 12.2. The summed E-state index contributed by atoms with van der Waals surface area (Å²) in [7, 11) is 0. The summed E-state index contributed by atoms with van der Waals surface area (Å²) in [6.45, 7) is 1.88. The predicted molar refractivity (Wildman–Crippen MR) is 86.6 cm³/mol. The molecule has 0 spiro atoms. The number of carbonyl (C=O) groups is 1. The Morgan fingerprint density at radius 1 is 1.00 bits per heavy atom. The van der Waals surface area contributed by atoms with E-state index >= 15 is 0 Å². The van der Waals surface area contributed by atoms with Gasteiger partial charge in [0.25, 0.3) is 0 Å². The van der Waals surface area contributed by atoms with Crippen LogP contribution in [0, 0.1) is 0 Å². The van der Waals surface area contributed by atoms with Gasteiger partial charge in [0.15, 0.2) is 0 Å². The standard InChI is InChI=1S/C18H20N2O/c1-13(18(21)20-16-8-3-2-4-9-16)19-17-11-10-14-6-5-7-15(14)12-17/h2-4,8-13,19H,5-7H2,1H3,(H,20,21). The molecule has 1 unspecified atom stereocenters. The minimum absolute atomic E-state index is 0.0262. The van der Waals surface area contributed by atoms with Crippen LogP contribution in [-0.4, -0.2) is 11.9 Å². The van der Waals surface area contributed by atoms with Gasteiger partial charge in [0.05, 0.1) is 0 Å². The Bertz CT molecular complexity index is 637. The van der Waals surface area contributed by atoms with Gasteiger partial charge in [0.2, 0.25) is 5.91 Å². The number of anilines is 2. The second-order valence-electron chi connectivity index (χ2n) is 5.56. The maximum Gasteiger partial charge on any atom is 0.246 e. The number of amides is 1. The largest absolute Gasteiger partial charge is 0.374 e. The molecule has 2 aromatic rings. The molecule has 0 saturated carbocycles. The normalized spacial score (nSPS) is 14.3. The molecule has 0 aromatic heterocycles. The fourth-order valence-electron chi connectivity index (χ4n) is 2.75. The lowest BCUT2D eigenvalue weighted by molar-refractivity contribution is -0.116. The van der Waals surface area contributed by atoms with E-state index in [1.165, 1.54) is 24.0 Å². The van der Waals surface area contributed by atoms with E-state index in [4.69, 9.17) is 0 Å². The quantitative estimate of drug-likeness (QED) is 0.898. The molecule has 0 radical (unpaired) electrons. The van der Waals surface area contributed by atoms with Crippen LogP contribution in [0.5, 0.6) is 0 Å². The number of para-hydroxylation sites is 1. The molecule has 0 aliphatic heterocycles. The van der Waals surface area contributed by atoms with Crippen LogP contribution in [0.15, 0.2) is 48.5 Å². The van der Waals surface area contributed by atoms with Crippen molar-refractivity contribution in [2.45, 2.75) is 32.2 Å². The number of hydrogen-bond acceptors (Lipinski definition) is 2. The third kappa shape index (κ3) is 3.24. The number of benzene rings is 2. The average Bonchev–Trinajstić information content (AvgIpc) is 2.95. The van der Waals surface area contributed by atoms with E-state index in [1.807, 2.05) is 37.3 Å². The lowest BCUT2D eigenvalue weighted by Gasteiger charge is -2.16. The minimum Gasteiger partial charge on any atom is -0.374 e. The number of rotatable bonds is 4. The van der Waals surface area contributed by atoms with Gasteiger partial charge in [-0.3, -0.25) is 4.79 Å². The van der Waals surface area contributed by atoms with E-state index in [9.17, 15) is 4.79 Å². The Balaban J connectivity index is 1.63. The molecule has 0 heterocycles. The van der Waals surface area contributed by atoms with Gasteiger partial charge in [-0.15, -0.1) is 0 Å². The molecule has 108 valence electrons. The highest BCUT2D eigenvalue weighted by Gasteiger charge is 2.15. The van der Waals surface area contributed by atoms with Crippen LogP contribution < -0.4 is 10.6 Å². The van der Waals surface area contributed by atoms with Crippen LogP contribution in [0.4, 0.5) is 11.4 Å². The van der Waals surface area contributed by atoms with E-state index < -0.39 is 0 Å². The van der Waals surface area contributed by atoms with E-state index in [0.29, 0.717) is 0 Å². The molecule has 3 rings (SSSR count). The van der Waals surface area contributed by atoms with Crippen LogP contribution in [0.25, 0.3) is 0 Å². The molecule has 0 saturated heterocycles. The van der Waals surface area contributed by atoms with Gasteiger partial charge in [-0.1, -0.05) is 24.3 Å². The van der Waals surface area contributed by atoms with Crippen molar-refractivity contribution in [2.24, 2.45) is 0 Å². The van der Waals surface area contributed by atoms with Crippen molar-refractivity contribution in [2.75, 3.05) is 10.6 Å².